The summed E-state index contributed by atoms with van der Waals surface area (Å²) < 4.78 is 5.89. The van der Waals surface area contributed by atoms with Gasteiger partial charge in [0, 0.05) is 19.1 Å². The number of carbonyl (C=O) groups is 1. The summed E-state index contributed by atoms with van der Waals surface area (Å²) in [7, 11) is 0. The van der Waals surface area contributed by atoms with Crippen LogP contribution in [0.2, 0.25) is 0 Å². The molecule has 1 aliphatic rings. The van der Waals surface area contributed by atoms with E-state index in [9.17, 15) is 4.79 Å². The first-order valence-electron chi connectivity index (χ1n) is 8.69. The number of nitrogens with zero attached hydrogens (tertiary/aromatic N) is 1. The minimum atomic E-state index is -0.468. The molecule has 1 amide bonds. The maximum atomic E-state index is 12.6. The molecule has 4 heteroatoms. The van der Waals surface area contributed by atoms with Gasteiger partial charge in [-0.1, -0.05) is 26.0 Å². The summed E-state index contributed by atoms with van der Waals surface area (Å²) in [6.45, 7) is 9.71. The van der Waals surface area contributed by atoms with Gasteiger partial charge in [-0.3, -0.25) is 4.79 Å². The van der Waals surface area contributed by atoms with Crippen LogP contribution in [0.3, 0.4) is 0 Å². The Morgan fingerprint density at radius 3 is 2.70 bits per heavy atom. The van der Waals surface area contributed by atoms with Crippen LogP contribution in [-0.2, 0) is 4.79 Å². The summed E-state index contributed by atoms with van der Waals surface area (Å²) in [5.41, 5.74) is 7.22. The summed E-state index contributed by atoms with van der Waals surface area (Å²) in [6.07, 6.45) is 1.66. The SMILES string of the molecule is CC(Oc1cccc(C(C)C)c1)C(=O)N1CCCC(C(C)N)C1. The molecule has 0 spiro atoms. The Balaban J connectivity index is 1.98. The van der Waals surface area contributed by atoms with E-state index in [0.717, 1.165) is 31.7 Å². The maximum Gasteiger partial charge on any atom is 0.263 e. The molecule has 1 fully saturated rings. The topological polar surface area (TPSA) is 55.6 Å². The lowest BCUT2D eigenvalue weighted by molar-refractivity contribution is -0.139. The lowest BCUT2D eigenvalue weighted by atomic mass is 9.92. The van der Waals surface area contributed by atoms with Gasteiger partial charge in [0.15, 0.2) is 6.10 Å². The van der Waals surface area contributed by atoms with Crippen molar-refractivity contribution in [3.63, 3.8) is 0 Å². The van der Waals surface area contributed by atoms with Gasteiger partial charge in [0.25, 0.3) is 5.91 Å². The van der Waals surface area contributed by atoms with Gasteiger partial charge in [-0.05, 0) is 56.2 Å². The molecule has 3 unspecified atom stereocenters. The summed E-state index contributed by atoms with van der Waals surface area (Å²) in [5.74, 6) is 1.66. The van der Waals surface area contributed by atoms with Crippen LogP contribution in [0, 0.1) is 5.92 Å². The lowest BCUT2D eigenvalue weighted by Gasteiger charge is -2.35. The molecule has 1 aliphatic heterocycles. The Kier molecular flexibility index (Phi) is 6.05. The van der Waals surface area contributed by atoms with E-state index in [-0.39, 0.29) is 11.9 Å². The van der Waals surface area contributed by atoms with Crippen LogP contribution in [0.15, 0.2) is 24.3 Å². The minimum Gasteiger partial charge on any atom is -0.481 e. The van der Waals surface area contributed by atoms with Crippen molar-refractivity contribution in [1.29, 1.82) is 0 Å². The van der Waals surface area contributed by atoms with Gasteiger partial charge in [-0.15, -0.1) is 0 Å². The summed E-state index contributed by atoms with van der Waals surface area (Å²) >= 11 is 0. The lowest BCUT2D eigenvalue weighted by Crippen LogP contribution is -2.48. The summed E-state index contributed by atoms with van der Waals surface area (Å²) in [5, 5.41) is 0. The molecule has 1 aromatic rings. The average Bonchev–Trinajstić information content (AvgIpc) is 2.54. The molecular weight excluding hydrogens is 288 g/mol. The Morgan fingerprint density at radius 2 is 2.04 bits per heavy atom. The van der Waals surface area contributed by atoms with Crippen LogP contribution >= 0.6 is 0 Å². The fourth-order valence-electron chi connectivity index (χ4n) is 3.10. The molecule has 0 saturated carbocycles. The normalized spacial score (nSPS) is 21.1. The van der Waals surface area contributed by atoms with Crippen molar-refractivity contribution < 1.29 is 9.53 Å². The number of carbonyl (C=O) groups excluding carboxylic acids is 1. The first-order chi connectivity index (χ1) is 10.9. The van der Waals surface area contributed by atoms with Crippen LogP contribution in [0.4, 0.5) is 0 Å². The fraction of sp³-hybridized carbons (Fsp3) is 0.632. The molecule has 23 heavy (non-hydrogen) atoms. The van der Waals surface area contributed by atoms with Crippen LogP contribution < -0.4 is 10.5 Å². The van der Waals surface area contributed by atoms with Crippen molar-refractivity contribution in [2.45, 2.75) is 58.6 Å². The van der Waals surface area contributed by atoms with Crippen LogP contribution in [0.5, 0.6) is 5.75 Å². The molecule has 2 rings (SSSR count). The Morgan fingerprint density at radius 1 is 1.30 bits per heavy atom. The molecule has 2 N–H and O–H groups in total. The monoisotopic (exact) mass is 318 g/mol. The third-order valence-electron chi connectivity index (χ3n) is 4.70. The van der Waals surface area contributed by atoms with Gasteiger partial charge in [-0.2, -0.15) is 0 Å². The second kappa shape index (κ2) is 7.82. The van der Waals surface area contributed by atoms with Crippen molar-refractivity contribution >= 4 is 5.91 Å². The highest BCUT2D eigenvalue weighted by Gasteiger charge is 2.29. The number of likely N-dealkylation sites (tertiary alicyclic amines) is 1. The van der Waals surface area contributed by atoms with Gasteiger partial charge < -0.3 is 15.4 Å². The number of ether oxygens (including phenoxy) is 1. The van der Waals surface area contributed by atoms with Crippen molar-refractivity contribution in [3.05, 3.63) is 29.8 Å². The maximum absolute atomic E-state index is 12.6. The highest BCUT2D eigenvalue weighted by atomic mass is 16.5. The third-order valence-corrected chi connectivity index (χ3v) is 4.70. The molecular formula is C19H30N2O2. The highest BCUT2D eigenvalue weighted by Crippen LogP contribution is 2.23. The van der Waals surface area contributed by atoms with Crippen LogP contribution in [0.1, 0.15) is 52.0 Å². The number of rotatable bonds is 5. The Hall–Kier alpha value is -1.55. The van der Waals surface area contributed by atoms with Gasteiger partial charge in [0.05, 0.1) is 0 Å². The molecule has 0 radical (unpaired) electrons. The minimum absolute atomic E-state index is 0.0605. The predicted octanol–water partition coefficient (Wildman–Crippen LogP) is 3.16. The fourth-order valence-corrected chi connectivity index (χ4v) is 3.10. The molecule has 0 bridgehead atoms. The second-order valence-electron chi connectivity index (χ2n) is 7.03. The van der Waals surface area contributed by atoms with Crippen molar-refractivity contribution in [2.75, 3.05) is 13.1 Å². The van der Waals surface area contributed by atoms with E-state index in [1.807, 2.05) is 36.9 Å². The first-order valence-corrected chi connectivity index (χ1v) is 8.69. The average molecular weight is 318 g/mol. The van der Waals surface area contributed by atoms with Crippen molar-refractivity contribution in [2.24, 2.45) is 11.7 Å². The number of piperidine rings is 1. The van der Waals surface area contributed by atoms with Crippen LogP contribution in [0.25, 0.3) is 0 Å². The van der Waals surface area contributed by atoms with E-state index in [0.29, 0.717) is 11.8 Å². The molecule has 0 aliphatic carbocycles. The molecule has 0 aromatic heterocycles. The summed E-state index contributed by atoms with van der Waals surface area (Å²) in [4.78, 5) is 14.6. The number of hydrogen-bond donors (Lipinski definition) is 1. The third kappa shape index (κ3) is 4.71. The number of hydrogen-bond acceptors (Lipinski definition) is 3. The zero-order valence-electron chi connectivity index (χ0n) is 14.8. The number of amides is 1. The summed E-state index contributed by atoms with van der Waals surface area (Å²) in [6, 6.07) is 8.13. The molecule has 128 valence electrons. The van der Waals surface area contributed by atoms with Gasteiger partial charge in [0.2, 0.25) is 0 Å². The predicted molar refractivity (Wildman–Crippen MR) is 93.6 cm³/mol. The highest BCUT2D eigenvalue weighted by molar-refractivity contribution is 5.81. The van der Waals surface area contributed by atoms with Gasteiger partial charge in [-0.25, -0.2) is 0 Å². The van der Waals surface area contributed by atoms with E-state index in [1.165, 1.54) is 5.56 Å². The van der Waals surface area contributed by atoms with Gasteiger partial charge in [0.1, 0.15) is 5.75 Å². The van der Waals surface area contributed by atoms with E-state index in [4.69, 9.17) is 10.5 Å². The van der Waals surface area contributed by atoms with E-state index in [1.54, 1.807) is 0 Å². The Labute approximate surface area is 140 Å². The quantitative estimate of drug-likeness (QED) is 0.907. The van der Waals surface area contributed by atoms with E-state index < -0.39 is 6.10 Å². The van der Waals surface area contributed by atoms with Crippen molar-refractivity contribution in [1.82, 2.24) is 4.90 Å². The number of benzene rings is 1. The first kappa shape index (κ1) is 17.8. The van der Waals surface area contributed by atoms with Crippen molar-refractivity contribution in [3.8, 4) is 5.75 Å². The zero-order valence-corrected chi connectivity index (χ0v) is 14.8. The largest absolute Gasteiger partial charge is 0.481 e. The van der Waals surface area contributed by atoms with Gasteiger partial charge >= 0.3 is 0 Å². The number of nitrogens with two attached hydrogens (primary N) is 1. The standard InChI is InChI=1S/C19H30N2O2/c1-13(2)16-7-5-9-18(11-16)23-15(4)19(22)21-10-6-8-17(12-21)14(3)20/h5,7,9,11,13-15,17H,6,8,10,12,20H2,1-4H3. The molecule has 1 heterocycles. The molecule has 3 atom stereocenters. The Bertz CT molecular complexity index is 528. The van der Waals surface area contributed by atoms with E-state index in [2.05, 4.69) is 19.9 Å². The molecule has 1 aromatic carbocycles. The second-order valence-corrected chi connectivity index (χ2v) is 7.03. The molecule has 1 saturated heterocycles. The molecule has 4 nitrogen and oxygen atoms in total. The van der Waals surface area contributed by atoms with E-state index >= 15 is 0 Å². The smallest absolute Gasteiger partial charge is 0.263 e. The van der Waals surface area contributed by atoms with Crippen LogP contribution in [-0.4, -0.2) is 36.0 Å². The zero-order chi connectivity index (χ0) is 17.0.